The van der Waals surface area contributed by atoms with Crippen molar-refractivity contribution in [3.05, 3.63) is 77.4 Å². The fraction of sp³-hybridized carbons (Fsp3) is 0.320. The van der Waals surface area contributed by atoms with Gasteiger partial charge in [-0.2, -0.15) is 5.10 Å². The number of carbonyl (C=O) groups excluding carboxylic acids is 1. The van der Waals surface area contributed by atoms with Crippen LogP contribution in [0.4, 0.5) is 0 Å². The molecule has 0 saturated heterocycles. The summed E-state index contributed by atoms with van der Waals surface area (Å²) in [6.45, 7) is 0.857. The Labute approximate surface area is 191 Å². The third-order valence-electron chi connectivity index (χ3n) is 5.92. The first kappa shape index (κ1) is 20.6. The highest BCUT2D eigenvalue weighted by molar-refractivity contribution is 8.39. The number of amides is 1. The summed E-state index contributed by atoms with van der Waals surface area (Å²) in [5.74, 6) is 1.72. The molecule has 1 saturated carbocycles. The first-order chi connectivity index (χ1) is 15.3. The molecule has 2 aromatic rings. The van der Waals surface area contributed by atoms with Gasteiger partial charge in [-0.3, -0.25) is 9.79 Å². The van der Waals surface area contributed by atoms with Crippen LogP contribution in [0.25, 0.3) is 6.08 Å². The summed E-state index contributed by atoms with van der Waals surface area (Å²) in [5, 5.41) is 6.73. The average molecular weight is 448 g/mol. The third-order valence-corrected chi connectivity index (χ3v) is 8.15. The zero-order valence-corrected chi connectivity index (χ0v) is 18.9. The zero-order chi connectivity index (χ0) is 21.0. The van der Waals surface area contributed by atoms with E-state index in [2.05, 4.69) is 59.6 Å². The van der Waals surface area contributed by atoms with E-state index in [1.807, 2.05) is 12.1 Å². The molecule has 0 bridgehead atoms. The second kappa shape index (κ2) is 9.45. The first-order valence-corrected chi connectivity index (χ1v) is 12.8. The van der Waals surface area contributed by atoms with E-state index in [0.29, 0.717) is 5.75 Å². The number of allylic oxidation sites excluding steroid dienone is 1. The summed E-state index contributed by atoms with van der Waals surface area (Å²) in [6.07, 6.45) is 5.44. The van der Waals surface area contributed by atoms with Gasteiger partial charge < -0.3 is 0 Å². The van der Waals surface area contributed by atoms with Crippen molar-refractivity contribution in [2.24, 2.45) is 16.0 Å². The SMILES string of the molecule is O=C(CSC1=NCCS1)N1N=C2/C(=C/c3ccccc3)CCCC2C1c1ccccc1. The van der Waals surface area contributed by atoms with Gasteiger partial charge in [-0.05, 0) is 42.0 Å². The molecule has 0 N–H and O–H groups in total. The van der Waals surface area contributed by atoms with Crippen molar-refractivity contribution in [1.29, 1.82) is 0 Å². The number of hydrogen-bond acceptors (Lipinski definition) is 5. The molecule has 2 aliphatic heterocycles. The van der Waals surface area contributed by atoms with E-state index in [1.165, 1.54) is 11.1 Å². The Morgan fingerprint density at radius 2 is 1.90 bits per heavy atom. The van der Waals surface area contributed by atoms with Gasteiger partial charge in [-0.1, -0.05) is 84.2 Å². The van der Waals surface area contributed by atoms with Gasteiger partial charge in [-0.25, -0.2) is 5.01 Å². The van der Waals surface area contributed by atoms with Gasteiger partial charge in [0.15, 0.2) is 0 Å². The number of hydrazone groups is 1. The molecule has 0 spiro atoms. The Hall–Kier alpha value is -2.31. The van der Waals surface area contributed by atoms with Crippen LogP contribution in [0.3, 0.4) is 0 Å². The standard InChI is InChI=1S/C25H25N3OS2/c29-22(17-31-25-26-14-15-30-25)28-24(19-10-5-2-6-11-19)21-13-7-12-20(23(21)27-28)16-18-8-3-1-4-9-18/h1-6,8-11,16,21,24H,7,12-15,17H2/b20-16+. The molecular weight excluding hydrogens is 422 g/mol. The Bertz CT molecular complexity index is 1030. The highest BCUT2D eigenvalue weighted by Crippen LogP contribution is 2.44. The van der Waals surface area contributed by atoms with E-state index in [4.69, 9.17) is 5.10 Å². The van der Waals surface area contributed by atoms with Crippen molar-refractivity contribution in [2.75, 3.05) is 18.1 Å². The summed E-state index contributed by atoms with van der Waals surface area (Å²) >= 11 is 3.29. The van der Waals surface area contributed by atoms with Crippen LogP contribution in [0.2, 0.25) is 0 Å². The minimum atomic E-state index is -0.0260. The maximum atomic E-state index is 13.3. The van der Waals surface area contributed by atoms with Gasteiger partial charge in [0.2, 0.25) is 0 Å². The number of aliphatic imine (C=N–C) groups is 1. The normalized spacial score (nSPS) is 24.1. The molecule has 2 aromatic carbocycles. The Balaban J connectivity index is 1.46. The number of hydrogen-bond donors (Lipinski definition) is 0. The van der Waals surface area contributed by atoms with Gasteiger partial charge >= 0.3 is 0 Å². The van der Waals surface area contributed by atoms with Crippen molar-refractivity contribution in [1.82, 2.24) is 5.01 Å². The van der Waals surface area contributed by atoms with Gasteiger partial charge in [0.1, 0.15) is 4.38 Å². The molecule has 5 rings (SSSR count). The van der Waals surface area contributed by atoms with E-state index < -0.39 is 0 Å². The third kappa shape index (κ3) is 4.51. The quantitative estimate of drug-likeness (QED) is 0.609. The summed E-state index contributed by atoms with van der Waals surface area (Å²) in [5.41, 5.74) is 4.71. The Kier molecular flexibility index (Phi) is 6.27. The van der Waals surface area contributed by atoms with Gasteiger partial charge in [0.05, 0.1) is 24.1 Å². The lowest BCUT2D eigenvalue weighted by Crippen LogP contribution is -2.33. The lowest BCUT2D eigenvalue weighted by molar-refractivity contribution is -0.130. The molecule has 2 atom stereocenters. The largest absolute Gasteiger partial charge is 0.272 e. The van der Waals surface area contributed by atoms with Crippen LogP contribution in [0.15, 0.2) is 76.3 Å². The molecule has 4 nitrogen and oxygen atoms in total. The Morgan fingerprint density at radius 3 is 2.65 bits per heavy atom. The van der Waals surface area contributed by atoms with Crippen LogP contribution in [-0.4, -0.2) is 39.1 Å². The monoisotopic (exact) mass is 447 g/mol. The van der Waals surface area contributed by atoms with Crippen LogP contribution in [0.5, 0.6) is 0 Å². The van der Waals surface area contributed by atoms with E-state index in [9.17, 15) is 4.79 Å². The molecule has 0 radical (unpaired) electrons. The summed E-state index contributed by atoms with van der Waals surface area (Å²) < 4.78 is 1.03. The lowest BCUT2D eigenvalue weighted by Gasteiger charge is -2.29. The molecule has 2 heterocycles. The number of benzene rings is 2. The smallest absolute Gasteiger partial charge is 0.253 e. The van der Waals surface area contributed by atoms with E-state index in [-0.39, 0.29) is 17.9 Å². The van der Waals surface area contributed by atoms with Crippen molar-refractivity contribution >= 4 is 45.6 Å². The zero-order valence-electron chi connectivity index (χ0n) is 17.3. The maximum Gasteiger partial charge on any atom is 0.253 e. The number of fused-ring (bicyclic) bond motifs is 1. The minimum Gasteiger partial charge on any atom is -0.272 e. The lowest BCUT2D eigenvalue weighted by atomic mass is 9.77. The van der Waals surface area contributed by atoms with Gasteiger partial charge in [-0.15, -0.1) is 0 Å². The topological polar surface area (TPSA) is 45.0 Å². The van der Waals surface area contributed by atoms with Crippen molar-refractivity contribution < 1.29 is 4.79 Å². The second-order valence-corrected chi connectivity index (χ2v) is 10.2. The summed E-state index contributed by atoms with van der Waals surface area (Å²) in [4.78, 5) is 17.8. The second-order valence-electron chi connectivity index (χ2n) is 7.94. The van der Waals surface area contributed by atoms with E-state index >= 15 is 0 Å². The molecule has 3 aliphatic rings. The minimum absolute atomic E-state index is 0.0260. The molecule has 1 aliphatic carbocycles. The summed E-state index contributed by atoms with van der Waals surface area (Å²) in [7, 11) is 0. The van der Waals surface area contributed by atoms with Gasteiger partial charge in [0, 0.05) is 11.7 Å². The van der Waals surface area contributed by atoms with E-state index in [0.717, 1.165) is 47.2 Å². The molecule has 0 aromatic heterocycles. The van der Waals surface area contributed by atoms with Crippen LogP contribution in [0, 0.1) is 5.92 Å². The summed E-state index contributed by atoms with van der Waals surface area (Å²) in [6, 6.07) is 20.8. The average Bonchev–Trinajstić information content (AvgIpc) is 3.47. The number of thioether (sulfide) groups is 2. The Morgan fingerprint density at radius 1 is 1.13 bits per heavy atom. The van der Waals surface area contributed by atoms with Crippen molar-refractivity contribution in [3.63, 3.8) is 0 Å². The van der Waals surface area contributed by atoms with E-state index in [1.54, 1.807) is 28.5 Å². The number of carbonyl (C=O) groups is 1. The predicted octanol–water partition coefficient (Wildman–Crippen LogP) is 5.65. The van der Waals surface area contributed by atoms with Crippen LogP contribution >= 0.6 is 23.5 Å². The van der Waals surface area contributed by atoms with Crippen LogP contribution < -0.4 is 0 Å². The molecule has 1 amide bonds. The van der Waals surface area contributed by atoms with Crippen LogP contribution in [0.1, 0.15) is 36.4 Å². The first-order valence-electron chi connectivity index (χ1n) is 10.8. The molecule has 6 heteroatoms. The molecule has 31 heavy (non-hydrogen) atoms. The van der Waals surface area contributed by atoms with Crippen molar-refractivity contribution in [3.8, 4) is 0 Å². The fourth-order valence-corrected chi connectivity index (χ4v) is 6.40. The fourth-order valence-electron chi connectivity index (χ4n) is 4.53. The highest BCUT2D eigenvalue weighted by Gasteiger charge is 2.43. The van der Waals surface area contributed by atoms with Crippen LogP contribution in [-0.2, 0) is 4.79 Å². The predicted molar refractivity (Wildman–Crippen MR) is 132 cm³/mol. The maximum absolute atomic E-state index is 13.3. The van der Waals surface area contributed by atoms with Gasteiger partial charge in [0.25, 0.3) is 5.91 Å². The highest BCUT2D eigenvalue weighted by atomic mass is 32.2. The molecular formula is C25H25N3OS2. The molecule has 1 fully saturated rings. The number of nitrogens with zero attached hydrogens (tertiary/aromatic N) is 3. The number of rotatable bonds is 4. The van der Waals surface area contributed by atoms with Crippen molar-refractivity contribution in [2.45, 2.75) is 25.3 Å². The molecule has 2 unspecified atom stereocenters. The molecule has 158 valence electrons.